The van der Waals surface area contributed by atoms with E-state index < -0.39 is 48.1 Å². The van der Waals surface area contributed by atoms with Gasteiger partial charge in [-0.1, -0.05) is 0 Å². The maximum absolute atomic E-state index is 11.8. The molecular formula is C13H20O7. The van der Waals surface area contributed by atoms with Crippen LogP contribution in [0.2, 0.25) is 0 Å². The third-order valence-electron chi connectivity index (χ3n) is 3.69. The minimum atomic E-state index is -1.34. The maximum atomic E-state index is 11.8. The Morgan fingerprint density at radius 3 is 2.25 bits per heavy atom. The van der Waals surface area contributed by atoms with E-state index in [-0.39, 0.29) is 0 Å². The highest BCUT2D eigenvalue weighted by Gasteiger charge is 2.58. The van der Waals surface area contributed by atoms with Crippen LogP contribution in [0.5, 0.6) is 0 Å². The highest BCUT2D eigenvalue weighted by Crippen LogP contribution is 2.39. The van der Waals surface area contributed by atoms with E-state index in [1.165, 1.54) is 0 Å². The van der Waals surface area contributed by atoms with Crippen LogP contribution in [0.25, 0.3) is 0 Å². The number of hydrogen-bond acceptors (Lipinski definition) is 7. The summed E-state index contributed by atoms with van der Waals surface area (Å²) in [4.78, 5) is 11.8. The van der Waals surface area contributed by atoms with Crippen molar-refractivity contribution in [1.82, 2.24) is 0 Å². The molecule has 0 bridgehead atoms. The van der Waals surface area contributed by atoms with E-state index in [4.69, 9.17) is 23.7 Å². The summed E-state index contributed by atoms with van der Waals surface area (Å²) in [5, 5.41) is 9.89. The zero-order valence-corrected chi connectivity index (χ0v) is 12.0. The number of carbonyl (C=O) groups is 1. The van der Waals surface area contributed by atoms with Crippen molar-refractivity contribution in [2.45, 2.75) is 69.8 Å². The number of carbonyl (C=O) groups excluding carboxylic acids is 1. The molecule has 3 rings (SSSR count). The standard InChI is InChI=1S/C13H20O7/c1-12(2)16-5-6(18-12)8-10-9(7(14)11(15)17-8)19-13(3,4)20-10/h6-10,14H,5H2,1-4H3/t6-,7+,8+,9+,10-/m0/s1. The second kappa shape index (κ2) is 4.38. The summed E-state index contributed by atoms with van der Waals surface area (Å²) in [6, 6.07) is 0. The SMILES string of the molecule is CC1(C)O[C@H]2[C@@H]([C@@H]3COC(C)(C)O3)OC(=O)[C@H](O)[C@H]2O1. The first kappa shape index (κ1) is 14.2. The molecule has 0 aliphatic carbocycles. The minimum Gasteiger partial charge on any atom is -0.455 e. The molecule has 0 spiro atoms. The van der Waals surface area contributed by atoms with Crippen LogP contribution < -0.4 is 0 Å². The van der Waals surface area contributed by atoms with Crippen molar-refractivity contribution >= 4 is 5.97 Å². The van der Waals surface area contributed by atoms with E-state index in [2.05, 4.69) is 0 Å². The van der Waals surface area contributed by atoms with Crippen LogP contribution in [-0.4, -0.2) is 59.8 Å². The van der Waals surface area contributed by atoms with E-state index in [1.54, 1.807) is 27.7 Å². The maximum Gasteiger partial charge on any atom is 0.338 e. The lowest BCUT2D eigenvalue weighted by atomic mass is 9.96. The Morgan fingerprint density at radius 1 is 1.00 bits per heavy atom. The molecule has 114 valence electrons. The molecule has 1 N–H and O–H groups in total. The van der Waals surface area contributed by atoms with Crippen LogP contribution in [0.1, 0.15) is 27.7 Å². The summed E-state index contributed by atoms with van der Waals surface area (Å²) in [5.41, 5.74) is 0. The molecule has 0 aromatic rings. The van der Waals surface area contributed by atoms with Crippen molar-refractivity contribution in [2.75, 3.05) is 6.61 Å². The first-order chi connectivity index (χ1) is 9.19. The fourth-order valence-corrected chi connectivity index (χ4v) is 2.89. The Hall–Kier alpha value is -0.730. The Balaban J connectivity index is 1.82. The van der Waals surface area contributed by atoms with Gasteiger partial charge in [0.1, 0.15) is 18.3 Å². The zero-order valence-electron chi connectivity index (χ0n) is 12.0. The number of aliphatic hydroxyl groups is 1. The van der Waals surface area contributed by atoms with Crippen molar-refractivity contribution in [2.24, 2.45) is 0 Å². The van der Waals surface area contributed by atoms with E-state index in [9.17, 15) is 9.90 Å². The van der Waals surface area contributed by atoms with Gasteiger partial charge in [0.2, 0.25) is 0 Å². The summed E-state index contributed by atoms with van der Waals surface area (Å²) >= 11 is 0. The smallest absolute Gasteiger partial charge is 0.338 e. The average Bonchev–Trinajstić information content (AvgIpc) is 2.83. The summed E-state index contributed by atoms with van der Waals surface area (Å²) in [5.74, 6) is -2.32. The van der Waals surface area contributed by atoms with Gasteiger partial charge in [-0.2, -0.15) is 0 Å². The topological polar surface area (TPSA) is 83.5 Å². The summed E-state index contributed by atoms with van der Waals surface area (Å²) < 4.78 is 27.9. The van der Waals surface area contributed by atoms with Crippen molar-refractivity contribution in [3.8, 4) is 0 Å². The van der Waals surface area contributed by atoms with Gasteiger partial charge >= 0.3 is 5.97 Å². The Bertz CT molecular complexity index is 419. The van der Waals surface area contributed by atoms with Gasteiger partial charge in [0, 0.05) is 0 Å². The molecule has 3 heterocycles. The minimum absolute atomic E-state index is 0.300. The van der Waals surface area contributed by atoms with Gasteiger partial charge in [-0.15, -0.1) is 0 Å². The second-order valence-electron chi connectivity index (χ2n) is 6.28. The lowest BCUT2D eigenvalue weighted by Gasteiger charge is -2.36. The first-order valence-electron chi connectivity index (χ1n) is 6.74. The monoisotopic (exact) mass is 288 g/mol. The van der Waals surface area contributed by atoms with Crippen molar-refractivity contribution < 1.29 is 33.6 Å². The summed E-state index contributed by atoms with van der Waals surface area (Å²) in [6.45, 7) is 7.35. The van der Waals surface area contributed by atoms with E-state index in [0.29, 0.717) is 6.61 Å². The molecule has 7 heteroatoms. The fraction of sp³-hybridized carbons (Fsp3) is 0.923. The van der Waals surface area contributed by atoms with E-state index >= 15 is 0 Å². The van der Waals surface area contributed by atoms with Crippen molar-refractivity contribution in [3.05, 3.63) is 0 Å². The molecule has 20 heavy (non-hydrogen) atoms. The molecular weight excluding hydrogens is 268 g/mol. The fourth-order valence-electron chi connectivity index (χ4n) is 2.89. The summed E-state index contributed by atoms with van der Waals surface area (Å²) in [7, 11) is 0. The van der Waals surface area contributed by atoms with E-state index in [1.807, 2.05) is 0 Å². The normalized spacial score (nSPS) is 46.0. The van der Waals surface area contributed by atoms with Crippen LogP contribution in [0.3, 0.4) is 0 Å². The Morgan fingerprint density at radius 2 is 1.65 bits per heavy atom. The second-order valence-corrected chi connectivity index (χ2v) is 6.28. The number of ether oxygens (including phenoxy) is 5. The molecule has 0 amide bonds. The molecule has 3 saturated heterocycles. The lowest BCUT2D eigenvalue weighted by Crippen LogP contribution is -2.58. The highest BCUT2D eigenvalue weighted by atomic mass is 16.8. The van der Waals surface area contributed by atoms with Gasteiger partial charge in [0.15, 0.2) is 23.8 Å². The van der Waals surface area contributed by atoms with Gasteiger partial charge in [-0.05, 0) is 27.7 Å². The molecule has 3 fully saturated rings. The number of hydrogen-bond donors (Lipinski definition) is 1. The lowest BCUT2D eigenvalue weighted by molar-refractivity contribution is -0.208. The number of esters is 1. The van der Waals surface area contributed by atoms with Crippen LogP contribution in [0.4, 0.5) is 0 Å². The summed E-state index contributed by atoms with van der Waals surface area (Å²) in [6.07, 6.45) is -3.75. The van der Waals surface area contributed by atoms with Crippen LogP contribution in [0.15, 0.2) is 0 Å². The largest absolute Gasteiger partial charge is 0.455 e. The third kappa shape index (κ3) is 2.33. The highest BCUT2D eigenvalue weighted by molar-refractivity contribution is 5.76. The third-order valence-corrected chi connectivity index (χ3v) is 3.69. The number of fused-ring (bicyclic) bond motifs is 1. The van der Waals surface area contributed by atoms with Gasteiger partial charge in [0.05, 0.1) is 6.61 Å². The molecule has 0 unspecified atom stereocenters. The predicted molar refractivity (Wildman–Crippen MR) is 64.6 cm³/mol. The van der Waals surface area contributed by atoms with Gasteiger partial charge in [-0.25, -0.2) is 4.79 Å². The quantitative estimate of drug-likeness (QED) is 0.677. The molecule has 0 saturated carbocycles. The van der Waals surface area contributed by atoms with Gasteiger partial charge < -0.3 is 28.8 Å². The number of aliphatic hydroxyl groups excluding tert-OH is 1. The molecule has 3 aliphatic heterocycles. The molecule has 0 aromatic heterocycles. The number of rotatable bonds is 1. The molecule has 7 nitrogen and oxygen atoms in total. The average molecular weight is 288 g/mol. The van der Waals surface area contributed by atoms with Crippen LogP contribution in [0, 0.1) is 0 Å². The molecule has 5 atom stereocenters. The van der Waals surface area contributed by atoms with Crippen LogP contribution >= 0.6 is 0 Å². The Kier molecular flexibility index (Phi) is 3.11. The van der Waals surface area contributed by atoms with Gasteiger partial charge in [-0.3, -0.25) is 0 Å². The Labute approximate surface area is 117 Å². The van der Waals surface area contributed by atoms with Gasteiger partial charge in [0.25, 0.3) is 0 Å². The van der Waals surface area contributed by atoms with Crippen molar-refractivity contribution in [3.63, 3.8) is 0 Å². The van der Waals surface area contributed by atoms with Crippen molar-refractivity contribution in [1.29, 1.82) is 0 Å². The molecule has 0 aromatic carbocycles. The number of cyclic esters (lactones) is 1. The predicted octanol–water partition coefficient (Wildman–Crippen LogP) is -0.0557. The van der Waals surface area contributed by atoms with E-state index in [0.717, 1.165) is 0 Å². The molecule has 0 radical (unpaired) electrons. The first-order valence-corrected chi connectivity index (χ1v) is 6.74. The van der Waals surface area contributed by atoms with Crippen LogP contribution in [-0.2, 0) is 28.5 Å². The zero-order chi connectivity index (χ0) is 14.7. The molecule has 3 aliphatic rings.